The van der Waals surface area contributed by atoms with Gasteiger partial charge in [-0.25, -0.2) is 26.7 Å². The van der Waals surface area contributed by atoms with Crippen LogP contribution in [0.4, 0.5) is 24.7 Å². The smallest absolute Gasteiger partial charge is 0.407 e. The zero-order valence-electron chi connectivity index (χ0n) is 27.5. The van der Waals surface area contributed by atoms with E-state index in [1.165, 1.54) is 25.3 Å². The number of carbonyl (C=O) groups excluding carboxylic acids is 1. The van der Waals surface area contributed by atoms with Gasteiger partial charge in [-0.2, -0.15) is 0 Å². The first-order valence-electron chi connectivity index (χ1n) is 14.8. The van der Waals surface area contributed by atoms with Gasteiger partial charge in [0.1, 0.15) is 32.8 Å². The van der Waals surface area contributed by atoms with Crippen LogP contribution in [0.5, 0.6) is 11.5 Å². The lowest BCUT2D eigenvalue weighted by Gasteiger charge is -2.25. The number of amides is 2. The number of methoxy groups -OCH3 is 2. The molecule has 0 saturated carbocycles. The summed E-state index contributed by atoms with van der Waals surface area (Å²) in [6.45, 7) is 7.15. The number of anilines is 2. The van der Waals surface area contributed by atoms with Crippen LogP contribution in [0.1, 0.15) is 46.1 Å². The Morgan fingerprint density at radius 2 is 1.88 bits per heavy atom. The summed E-state index contributed by atoms with van der Waals surface area (Å²) in [6, 6.07) is 6.43. The van der Waals surface area contributed by atoms with Gasteiger partial charge in [-0.1, -0.05) is 16.1 Å². The minimum Gasteiger partial charge on any atom is -0.497 e. The van der Waals surface area contributed by atoms with Gasteiger partial charge in [0, 0.05) is 48.8 Å². The highest BCUT2D eigenvalue weighted by Gasteiger charge is 2.31. The van der Waals surface area contributed by atoms with Crippen molar-refractivity contribution in [2.24, 2.45) is 0 Å². The van der Waals surface area contributed by atoms with Crippen LogP contribution in [0.25, 0.3) is 0 Å². The molecule has 3 N–H and O–H groups in total. The molecule has 0 bridgehead atoms. The number of carboxylic acid groups (broad SMARTS) is 1. The Labute approximate surface area is 288 Å². The monoisotopic (exact) mass is 730 g/mol. The molecular formula is C30H40ClFN6O8S2. The summed E-state index contributed by atoms with van der Waals surface area (Å²) >= 11 is 7.24. The number of hydrogen-bond acceptors (Lipinski definition) is 11. The van der Waals surface area contributed by atoms with Gasteiger partial charge in [0.2, 0.25) is 0 Å². The maximum atomic E-state index is 15.5. The number of hydrogen-bond donors (Lipinski definition) is 3. The highest BCUT2D eigenvalue weighted by Crippen LogP contribution is 2.35. The van der Waals surface area contributed by atoms with Crippen molar-refractivity contribution in [3.8, 4) is 11.5 Å². The number of unbranched alkanes of at least 4 members (excludes halogenated alkanes) is 1. The van der Waals surface area contributed by atoms with Crippen LogP contribution in [-0.2, 0) is 21.3 Å². The summed E-state index contributed by atoms with van der Waals surface area (Å²) in [5.74, 6) is -0.162. The van der Waals surface area contributed by atoms with E-state index < -0.39 is 44.6 Å². The molecule has 264 valence electrons. The topological polar surface area (TPSA) is 173 Å². The molecule has 0 saturated heterocycles. The Hall–Kier alpha value is -4.09. The van der Waals surface area contributed by atoms with Crippen molar-refractivity contribution in [1.82, 2.24) is 19.8 Å². The summed E-state index contributed by atoms with van der Waals surface area (Å²) in [5, 5.41) is 19.1. The molecule has 1 unspecified atom stereocenters. The molecule has 2 amide bonds. The van der Waals surface area contributed by atoms with Crippen molar-refractivity contribution < 1.29 is 41.7 Å². The molecule has 1 atom stereocenters. The molecule has 0 radical (unpaired) electrons. The number of nitrogens with zero attached hydrogens (tertiary/aromatic N) is 4. The molecule has 0 aliphatic rings. The van der Waals surface area contributed by atoms with Crippen LogP contribution in [-0.4, -0.2) is 85.7 Å². The summed E-state index contributed by atoms with van der Waals surface area (Å²) in [4.78, 5) is 24.3. The number of alkyl carbamates (subject to hydrolysis) is 1. The molecule has 18 heteroatoms. The van der Waals surface area contributed by atoms with Gasteiger partial charge < -0.3 is 34.9 Å². The predicted octanol–water partition coefficient (Wildman–Crippen LogP) is 5.83. The van der Waals surface area contributed by atoms with Crippen molar-refractivity contribution in [3.05, 3.63) is 52.9 Å². The highest BCUT2D eigenvalue weighted by molar-refractivity contribution is 7.93. The summed E-state index contributed by atoms with van der Waals surface area (Å²) < 4.78 is 63.8. The van der Waals surface area contributed by atoms with Crippen molar-refractivity contribution in [1.29, 1.82) is 0 Å². The summed E-state index contributed by atoms with van der Waals surface area (Å²) in [6.07, 6.45) is 0.398. The second-order valence-electron chi connectivity index (χ2n) is 11.6. The van der Waals surface area contributed by atoms with Crippen molar-refractivity contribution >= 4 is 56.0 Å². The zero-order valence-corrected chi connectivity index (χ0v) is 29.8. The Kier molecular flexibility index (Phi) is 13.5. The fraction of sp³-hybridized carbons (Fsp3) is 0.467. The van der Waals surface area contributed by atoms with E-state index in [0.29, 0.717) is 36.4 Å². The molecule has 1 heterocycles. The number of aromatic nitrogens is 2. The zero-order chi connectivity index (χ0) is 35.6. The van der Waals surface area contributed by atoms with E-state index >= 15 is 4.39 Å². The Bertz CT molecular complexity index is 1660. The minimum atomic E-state index is -4.51. The third-order valence-electron chi connectivity index (χ3n) is 6.69. The first kappa shape index (κ1) is 38.4. The third kappa shape index (κ3) is 10.7. The predicted molar refractivity (Wildman–Crippen MR) is 180 cm³/mol. The number of halogens is 2. The van der Waals surface area contributed by atoms with E-state index in [9.17, 15) is 23.1 Å². The van der Waals surface area contributed by atoms with Gasteiger partial charge in [0.15, 0.2) is 0 Å². The summed E-state index contributed by atoms with van der Waals surface area (Å²) in [5.41, 5.74) is -0.0349. The molecule has 1 aromatic heterocycles. The highest BCUT2D eigenvalue weighted by atomic mass is 35.5. The van der Waals surface area contributed by atoms with Crippen LogP contribution in [0, 0.1) is 5.82 Å². The van der Waals surface area contributed by atoms with Crippen LogP contribution in [0.3, 0.4) is 0 Å². The Morgan fingerprint density at radius 1 is 1.15 bits per heavy atom. The fourth-order valence-electron chi connectivity index (χ4n) is 4.47. The van der Waals surface area contributed by atoms with Gasteiger partial charge in [0.05, 0.1) is 37.7 Å². The van der Waals surface area contributed by atoms with Crippen molar-refractivity contribution in [3.63, 3.8) is 0 Å². The van der Waals surface area contributed by atoms with Crippen LogP contribution < -0.4 is 24.4 Å². The molecule has 0 fully saturated rings. The van der Waals surface area contributed by atoms with Gasteiger partial charge >= 0.3 is 12.2 Å². The normalized spacial score (nSPS) is 12.2. The lowest BCUT2D eigenvalue weighted by atomic mass is 10.2. The minimum absolute atomic E-state index is 0.0337. The molecule has 0 aliphatic carbocycles. The van der Waals surface area contributed by atoms with E-state index in [2.05, 4.69) is 20.2 Å². The van der Waals surface area contributed by atoms with E-state index in [0.717, 1.165) is 28.0 Å². The largest absolute Gasteiger partial charge is 0.497 e. The number of sulfonamides is 1. The van der Waals surface area contributed by atoms with Crippen LogP contribution in [0.2, 0.25) is 5.02 Å². The average molecular weight is 731 g/mol. The molecule has 3 rings (SSSR count). The second kappa shape index (κ2) is 16.8. The van der Waals surface area contributed by atoms with E-state index in [-0.39, 0.29) is 35.3 Å². The molecular weight excluding hydrogens is 691 g/mol. The molecule has 3 aromatic rings. The molecule has 48 heavy (non-hydrogen) atoms. The Balaban J connectivity index is 1.66. The maximum absolute atomic E-state index is 15.5. The Morgan fingerprint density at radius 3 is 2.48 bits per heavy atom. The van der Waals surface area contributed by atoms with Crippen molar-refractivity contribution in [2.75, 3.05) is 43.5 Å². The third-order valence-corrected chi connectivity index (χ3v) is 9.58. The molecule has 0 spiro atoms. The van der Waals surface area contributed by atoms with Crippen molar-refractivity contribution in [2.45, 2.75) is 63.6 Å². The molecule has 0 aliphatic heterocycles. The number of rotatable bonds is 16. The second-order valence-corrected chi connectivity index (χ2v) is 14.6. The average Bonchev–Trinajstić information content (AvgIpc) is 3.53. The van der Waals surface area contributed by atoms with Crippen LogP contribution >= 0.6 is 23.1 Å². The number of carbonyl (C=O) groups is 2. The standard InChI is InChI=1S/C30H40ClFN6O8S2/c1-19(35-28(39)46-30(2,3)4)17-37(29(40)41)12-8-7-11-33-24-15-23(32)26(14-22(24)31)48(42,43)38(27-16-34-36-47-27)18-20-9-10-21(44-5)13-25(20)45-6/h9-10,13-16,19,33H,7-8,11-12,17-18H2,1-6H3,(H,35,39)(H,40,41). The lowest BCUT2D eigenvalue weighted by Crippen LogP contribution is -2.45. The van der Waals surface area contributed by atoms with E-state index in [1.807, 2.05) is 0 Å². The fourth-order valence-corrected chi connectivity index (χ4v) is 6.99. The lowest BCUT2D eigenvalue weighted by molar-refractivity contribution is 0.0494. The van der Waals surface area contributed by atoms with Gasteiger partial charge in [-0.15, -0.1) is 5.10 Å². The number of benzene rings is 2. The summed E-state index contributed by atoms with van der Waals surface area (Å²) in [7, 11) is -1.59. The molecule has 2 aromatic carbocycles. The van der Waals surface area contributed by atoms with Gasteiger partial charge in [-0.05, 0) is 64.8 Å². The van der Waals surface area contributed by atoms with Crippen LogP contribution in [0.15, 0.2) is 41.4 Å². The van der Waals surface area contributed by atoms with Gasteiger partial charge in [0.25, 0.3) is 10.0 Å². The van der Waals surface area contributed by atoms with E-state index in [1.54, 1.807) is 45.9 Å². The quantitative estimate of drug-likeness (QED) is 0.151. The maximum Gasteiger partial charge on any atom is 0.407 e. The first-order valence-corrected chi connectivity index (χ1v) is 17.4. The number of nitrogens with one attached hydrogen (secondary N) is 2. The molecule has 14 nitrogen and oxygen atoms in total. The number of ether oxygens (including phenoxy) is 3. The van der Waals surface area contributed by atoms with Gasteiger partial charge in [-0.3, -0.25) is 0 Å². The first-order chi connectivity index (χ1) is 22.5. The SMILES string of the molecule is COc1ccc(CN(c2cnns2)S(=O)(=O)c2cc(Cl)c(NCCCCN(CC(C)NC(=O)OC(C)(C)C)C(=O)O)cc2F)c(OC)c1. The van der Waals surface area contributed by atoms with E-state index in [4.69, 9.17) is 25.8 Å².